The number of nitrogens with one attached hydrogen (secondary N) is 1. The highest BCUT2D eigenvalue weighted by Gasteiger charge is 2.36. The highest BCUT2D eigenvalue weighted by atomic mass is 32.1. The molecule has 1 aliphatic rings. The van der Waals surface area contributed by atoms with E-state index in [1.807, 2.05) is 6.92 Å². The summed E-state index contributed by atoms with van der Waals surface area (Å²) in [6.45, 7) is 7.38. The summed E-state index contributed by atoms with van der Waals surface area (Å²) in [5, 5.41) is 2.91. The molecule has 3 heterocycles. The van der Waals surface area contributed by atoms with Crippen LogP contribution in [-0.4, -0.2) is 29.0 Å². The fraction of sp³-hybridized carbons (Fsp3) is 0.312. The molecule has 1 N–H and O–H groups in total. The number of ether oxygens (including phenoxy) is 1. The van der Waals surface area contributed by atoms with Crippen molar-refractivity contribution in [2.24, 2.45) is 0 Å². The fourth-order valence-corrected chi connectivity index (χ4v) is 3.06. The van der Waals surface area contributed by atoms with Gasteiger partial charge in [-0.05, 0) is 19.9 Å². The molecule has 0 saturated heterocycles. The second-order valence-electron chi connectivity index (χ2n) is 5.00. The Hall–Kier alpha value is -2.42. The molecule has 1 amide bonds. The number of hydrogen-bond acceptors (Lipinski definition) is 5. The van der Waals surface area contributed by atoms with E-state index in [0.29, 0.717) is 11.6 Å². The van der Waals surface area contributed by atoms with Crippen LogP contribution in [0.5, 0.6) is 5.06 Å². The van der Waals surface area contributed by atoms with Crippen LogP contribution in [0.25, 0.3) is 10.6 Å². The number of carbonyl (C=O) groups excluding carboxylic acids is 1. The topological polar surface area (TPSA) is 64.1 Å². The third-order valence-corrected chi connectivity index (χ3v) is 4.07. The van der Waals surface area contributed by atoms with Gasteiger partial charge < -0.3 is 10.1 Å². The Bertz CT molecular complexity index is 787. The van der Waals surface area contributed by atoms with Gasteiger partial charge in [-0.2, -0.15) is 13.2 Å². The average molecular weight is 371 g/mol. The van der Waals surface area contributed by atoms with E-state index < -0.39 is 11.7 Å². The van der Waals surface area contributed by atoms with Crippen LogP contribution in [0, 0.1) is 6.92 Å². The van der Waals surface area contributed by atoms with Gasteiger partial charge in [0.25, 0.3) is 5.91 Å². The van der Waals surface area contributed by atoms with E-state index in [0.717, 1.165) is 17.5 Å². The number of allylic oxidation sites excluding steroid dienone is 1. The van der Waals surface area contributed by atoms with E-state index in [4.69, 9.17) is 4.74 Å². The summed E-state index contributed by atoms with van der Waals surface area (Å²) in [6, 6.07) is 1.37. The lowest BCUT2D eigenvalue weighted by Crippen LogP contribution is -2.24. The lowest BCUT2D eigenvalue weighted by molar-refractivity contribution is -0.137. The second kappa shape index (κ2) is 7.64. The van der Waals surface area contributed by atoms with Gasteiger partial charge >= 0.3 is 6.18 Å². The number of rotatable bonds is 1. The molecule has 0 aromatic carbocycles. The molecular weight excluding hydrogens is 355 g/mol. The van der Waals surface area contributed by atoms with E-state index in [1.165, 1.54) is 13.0 Å². The van der Waals surface area contributed by atoms with Gasteiger partial charge in [0.15, 0.2) is 5.06 Å². The zero-order valence-electron chi connectivity index (χ0n) is 13.6. The summed E-state index contributed by atoms with van der Waals surface area (Å²) >= 11 is 0.971. The molecule has 1 aliphatic heterocycles. The molecule has 0 unspecified atom stereocenters. The normalized spacial score (nSPS) is 13.6. The Morgan fingerprint density at radius 3 is 2.76 bits per heavy atom. The standard InChI is InChI=1S/C13H10F3N3O2S.C3H6/c1-6-18-5-8(13(14,15)16)10(19-6)9-4-7-11(20)17-2-3-21-12(7)22-9;1-3-2/h4-5H,2-3H2,1H3,(H,17,20);3H,1H2,2H3. The molecule has 0 saturated carbocycles. The summed E-state index contributed by atoms with van der Waals surface area (Å²) in [5.74, 6) is -0.147. The van der Waals surface area contributed by atoms with E-state index in [9.17, 15) is 18.0 Å². The number of fused-ring (bicyclic) bond motifs is 1. The molecule has 9 heteroatoms. The van der Waals surface area contributed by atoms with Crippen molar-refractivity contribution in [3.63, 3.8) is 0 Å². The van der Waals surface area contributed by atoms with Crippen molar-refractivity contribution < 1.29 is 22.7 Å². The maximum atomic E-state index is 13.1. The van der Waals surface area contributed by atoms with Crippen LogP contribution < -0.4 is 10.1 Å². The lowest BCUT2D eigenvalue weighted by Gasteiger charge is -2.10. The van der Waals surface area contributed by atoms with Gasteiger partial charge in [-0.25, -0.2) is 9.97 Å². The maximum absolute atomic E-state index is 13.1. The van der Waals surface area contributed by atoms with Gasteiger partial charge in [-0.3, -0.25) is 4.79 Å². The van der Waals surface area contributed by atoms with Gasteiger partial charge in [-0.15, -0.1) is 6.58 Å². The minimum atomic E-state index is -4.58. The van der Waals surface area contributed by atoms with Gasteiger partial charge in [0, 0.05) is 6.20 Å². The molecule has 2 aromatic heterocycles. The van der Waals surface area contributed by atoms with Crippen LogP contribution in [0.1, 0.15) is 28.7 Å². The molecule has 0 atom stereocenters. The monoisotopic (exact) mass is 371 g/mol. The van der Waals surface area contributed by atoms with Crippen molar-refractivity contribution in [2.75, 3.05) is 13.2 Å². The van der Waals surface area contributed by atoms with Crippen LogP contribution in [0.15, 0.2) is 24.9 Å². The molecule has 3 rings (SSSR count). The summed E-state index contributed by atoms with van der Waals surface area (Å²) in [6.07, 6.45) is -2.07. The zero-order chi connectivity index (χ0) is 18.6. The van der Waals surface area contributed by atoms with Crippen molar-refractivity contribution in [3.8, 4) is 15.6 Å². The van der Waals surface area contributed by atoms with Crippen LogP contribution in [0.3, 0.4) is 0 Å². The predicted octanol–water partition coefficient (Wildman–Crippen LogP) is 3.85. The molecule has 2 aromatic rings. The predicted molar refractivity (Wildman–Crippen MR) is 88.8 cm³/mol. The highest BCUT2D eigenvalue weighted by Crippen LogP contribution is 2.42. The second-order valence-corrected chi connectivity index (χ2v) is 6.02. The van der Waals surface area contributed by atoms with Crippen molar-refractivity contribution in [3.05, 3.63) is 41.9 Å². The van der Waals surface area contributed by atoms with Gasteiger partial charge in [-0.1, -0.05) is 17.4 Å². The number of aryl methyl sites for hydroxylation is 1. The molecule has 5 nitrogen and oxygen atoms in total. The zero-order valence-corrected chi connectivity index (χ0v) is 14.4. The first-order chi connectivity index (χ1) is 11.8. The van der Waals surface area contributed by atoms with Crippen LogP contribution in [0.4, 0.5) is 13.2 Å². The Kier molecular flexibility index (Phi) is 5.78. The third-order valence-electron chi connectivity index (χ3n) is 3.01. The van der Waals surface area contributed by atoms with Crippen LogP contribution >= 0.6 is 11.3 Å². The van der Waals surface area contributed by atoms with E-state index >= 15 is 0 Å². The summed E-state index contributed by atoms with van der Waals surface area (Å²) in [5.41, 5.74) is -0.953. The molecule has 0 fully saturated rings. The number of amides is 1. The van der Waals surface area contributed by atoms with E-state index in [2.05, 4.69) is 21.9 Å². The number of nitrogens with zero attached hydrogens (tertiary/aromatic N) is 2. The Morgan fingerprint density at radius 1 is 1.44 bits per heavy atom. The number of alkyl halides is 3. The van der Waals surface area contributed by atoms with Crippen molar-refractivity contribution in [2.45, 2.75) is 20.0 Å². The minimum Gasteiger partial charge on any atom is -0.481 e. The van der Waals surface area contributed by atoms with Crippen molar-refractivity contribution in [1.29, 1.82) is 0 Å². The Labute approximate surface area is 146 Å². The number of aromatic nitrogens is 2. The third kappa shape index (κ3) is 4.36. The first-order valence-corrected chi connectivity index (χ1v) is 8.12. The number of carbonyl (C=O) groups is 1. The van der Waals surface area contributed by atoms with E-state index in [-0.39, 0.29) is 34.5 Å². The van der Waals surface area contributed by atoms with Crippen LogP contribution in [-0.2, 0) is 6.18 Å². The van der Waals surface area contributed by atoms with Crippen molar-refractivity contribution >= 4 is 17.2 Å². The molecule has 0 spiro atoms. The molecule has 0 radical (unpaired) electrons. The van der Waals surface area contributed by atoms with Gasteiger partial charge in [0.2, 0.25) is 0 Å². The largest absolute Gasteiger partial charge is 0.481 e. The van der Waals surface area contributed by atoms with Crippen LogP contribution in [0.2, 0.25) is 0 Å². The summed E-state index contributed by atoms with van der Waals surface area (Å²) in [4.78, 5) is 19.6. The first kappa shape index (κ1) is 18.9. The SMILES string of the molecule is C=CC.Cc1ncc(C(F)(F)F)c(-c2cc3c(s2)OCCNC3=O)n1. The Morgan fingerprint density at radius 2 is 2.12 bits per heavy atom. The lowest BCUT2D eigenvalue weighted by atomic mass is 10.1. The maximum Gasteiger partial charge on any atom is 0.420 e. The number of hydrogen-bond donors (Lipinski definition) is 1. The quantitative estimate of drug-likeness (QED) is 0.774. The smallest absolute Gasteiger partial charge is 0.420 e. The van der Waals surface area contributed by atoms with Gasteiger partial charge in [0.1, 0.15) is 18.0 Å². The molecular formula is C16H16F3N3O2S. The van der Waals surface area contributed by atoms with Crippen molar-refractivity contribution in [1.82, 2.24) is 15.3 Å². The summed E-state index contributed by atoms with van der Waals surface area (Å²) < 4.78 is 44.7. The Balaban J connectivity index is 0.000000701. The summed E-state index contributed by atoms with van der Waals surface area (Å²) in [7, 11) is 0. The molecule has 0 bridgehead atoms. The molecule has 25 heavy (non-hydrogen) atoms. The minimum absolute atomic E-state index is 0.219. The fourth-order valence-electron chi connectivity index (χ4n) is 2.03. The number of halogens is 3. The first-order valence-electron chi connectivity index (χ1n) is 7.31. The average Bonchev–Trinajstić information content (AvgIpc) is 2.87. The number of thiophene rings is 1. The highest BCUT2D eigenvalue weighted by molar-refractivity contribution is 7.17. The molecule has 134 valence electrons. The van der Waals surface area contributed by atoms with E-state index in [1.54, 1.807) is 6.08 Å². The molecule has 0 aliphatic carbocycles. The van der Waals surface area contributed by atoms with Gasteiger partial charge in [0.05, 0.1) is 22.7 Å².